The van der Waals surface area contributed by atoms with Gasteiger partial charge in [-0.2, -0.15) is 0 Å². The average molecular weight is 293 g/mol. The van der Waals surface area contributed by atoms with E-state index in [-0.39, 0.29) is 18.3 Å². The molecule has 0 unspecified atom stereocenters. The second kappa shape index (κ2) is 6.89. The summed E-state index contributed by atoms with van der Waals surface area (Å²) in [6.45, 7) is 3.42. The van der Waals surface area contributed by atoms with Gasteiger partial charge in [-0.15, -0.1) is 0 Å². The van der Waals surface area contributed by atoms with Crippen molar-refractivity contribution in [1.29, 1.82) is 0 Å². The third-order valence-electron chi connectivity index (χ3n) is 3.79. The number of carbonyl (C=O) groups excluding carboxylic acids is 1. The number of carbonyl (C=O) groups is 1. The number of rotatable bonds is 7. The molecule has 21 heavy (non-hydrogen) atoms. The van der Waals surface area contributed by atoms with E-state index in [2.05, 4.69) is 5.32 Å². The van der Waals surface area contributed by atoms with Crippen LogP contribution in [-0.2, 0) is 11.3 Å². The number of hydrogen-bond donors (Lipinski definition) is 1. The van der Waals surface area contributed by atoms with Crippen LogP contribution in [0.5, 0.6) is 0 Å². The molecular formula is C16H24FN3O. The predicted molar refractivity (Wildman–Crippen MR) is 82.8 cm³/mol. The Morgan fingerprint density at radius 3 is 2.67 bits per heavy atom. The first-order valence-electron chi connectivity index (χ1n) is 7.48. The smallest absolute Gasteiger partial charge is 0.241 e. The average Bonchev–Trinajstić information content (AvgIpc) is 3.27. The Hall–Kier alpha value is -1.62. The fraction of sp³-hybridized carbons (Fsp3) is 0.562. The van der Waals surface area contributed by atoms with E-state index in [0.29, 0.717) is 24.7 Å². The molecule has 1 fully saturated rings. The number of hydrogen-bond acceptors (Lipinski definition) is 3. The van der Waals surface area contributed by atoms with Crippen LogP contribution in [0.3, 0.4) is 0 Å². The van der Waals surface area contributed by atoms with Crippen LogP contribution in [0.25, 0.3) is 0 Å². The molecule has 0 spiro atoms. The standard InChI is InChI=1S/C16H24FN3O/c1-4-20(11-16(21)19(2)3)15-7-5-6-14(17)13(15)10-18-12-8-9-12/h5-7,12,18H,4,8-11H2,1-3H3. The van der Waals surface area contributed by atoms with Crippen molar-refractivity contribution in [3.05, 3.63) is 29.6 Å². The third-order valence-corrected chi connectivity index (χ3v) is 3.79. The molecule has 0 saturated heterocycles. The lowest BCUT2D eigenvalue weighted by atomic mass is 10.1. The maximum atomic E-state index is 14.2. The Kier molecular flexibility index (Phi) is 5.17. The zero-order valence-corrected chi connectivity index (χ0v) is 13.0. The summed E-state index contributed by atoms with van der Waals surface area (Å²) in [6, 6.07) is 5.60. The van der Waals surface area contributed by atoms with Crippen LogP contribution in [0.4, 0.5) is 10.1 Å². The van der Waals surface area contributed by atoms with Gasteiger partial charge in [-0.1, -0.05) is 6.07 Å². The highest BCUT2D eigenvalue weighted by Crippen LogP contribution is 2.25. The summed E-state index contributed by atoms with van der Waals surface area (Å²) in [4.78, 5) is 15.4. The SMILES string of the molecule is CCN(CC(=O)N(C)C)c1cccc(F)c1CNC1CC1. The molecule has 0 radical (unpaired) electrons. The molecule has 1 aliphatic carbocycles. The van der Waals surface area contributed by atoms with Crippen LogP contribution in [-0.4, -0.2) is 44.0 Å². The zero-order chi connectivity index (χ0) is 15.4. The molecule has 1 saturated carbocycles. The monoisotopic (exact) mass is 293 g/mol. The second-order valence-electron chi connectivity index (χ2n) is 5.70. The van der Waals surface area contributed by atoms with Crippen molar-refractivity contribution in [3.8, 4) is 0 Å². The van der Waals surface area contributed by atoms with Crippen LogP contribution in [0, 0.1) is 5.82 Å². The summed E-state index contributed by atoms with van der Waals surface area (Å²) in [5, 5.41) is 3.35. The summed E-state index contributed by atoms with van der Waals surface area (Å²) < 4.78 is 14.2. The second-order valence-corrected chi connectivity index (χ2v) is 5.70. The first kappa shape index (κ1) is 15.8. The molecule has 0 atom stereocenters. The molecule has 0 bridgehead atoms. The molecule has 4 nitrogen and oxygen atoms in total. The van der Waals surface area contributed by atoms with Gasteiger partial charge < -0.3 is 15.1 Å². The van der Waals surface area contributed by atoms with Gasteiger partial charge in [0.1, 0.15) is 5.82 Å². The van der Waals surface area contributed by atoms with Crippen molar-refractivity contribution >= 4 is 11.6 Å². The Balaban J connectivity index is 2.18. The lowest BCUT2D eigenvalue weighted by Crippen LogP contribution is -2.37. The van der Waals surface area contributed by atoms with Crippen molar-refractivity contribution in [3.63, 3.8) is 0 Å². The third kappa shape index (κ3) is 4.17. The van der Waals surface area contributed by atoms with Gasteiger partial charge in [0, 0.05) is 44.5 Å². The van der Waals surface area contributed by atoms with Crippen molar-refractivity contribution in [2.45, 2.75) is 32.4 Å². The first-order valence-corrected chi connectivity index (χ1v) is 7.48. The lowest BCUT2D eigenvalue weighted by molar-refractivity contribution is -0.127. The van der Waals surface area contributed by atoms with Gasteiger partial charge in [0.15, 0.2) is 0 Å². The first-order chi connectivity index (χ1) is 10.0. The van der Waals surface area contributed by atoms with Gasteiger partial charge in [-0.05, 0) is 31.9 Å². The van der Waals surface area contributed by atoms with E-state index in [4.69, 9.17) is 0 Å². The number of amides is 1. The van der Waals surface area contributed by atoms with Gasteiger partial charge >= 0.3 is 0 Å². The zero-order valence-electron chi connectivity index (χ0n) is 13.0. The van der Waals surface area contributed by atoms with E-state index in [9.17, 15) is 9.18 Å². The van der Waals surface area contributed by atoms with Crippen LogP contribution in [0.2, 0.25) is 0 Å². The van der Waals surface area contributed by atoms with Gasteiger partial charge in [-0.3, -0.25) is 4.79 Å². The van der Waals surface area contributed by atoms with E-state index < -0.39 is 0 Å². The molecule has 1 N–H and O–H groups in total. The highest BCUT2D eigenvalue weighted by molar-refractivity contribution is 5.81. The fourth-order valence-electron chi connectivity index (χ4n) is 2.22. The van der Waals surface area contributed by atoms with E-state index >= 15 is 0 Å². The van der Waals surface area contributed by atoms with Crippen molar-refractivity contribution in [2.24, 2.45) is 0 Å². The minimum atomic E-state index is -0.212. The van der Waals surface area contributed by atoms with Crippen LogP contribution in [0.1, 0.15) is 25.3 Å². The number of anilines is 1. The summed E-state index contributed by atoms with van der Waals surface area (Å²) >= 11 is 0. The number of halogens is 1. The van der Waals surface area contributed by atoms with E-state index in [0.717, 1.165) is 5.69 Å². The molecule has 2 rings (SSSR count). The summed E-state index contributed by atoms with van der Waals surface area (Å²) in [5.41, 5.74) is 1.46. The number of nitrogens with zero attached hydrogens (tertiary/aromatic N) is 2. The molecule has 1 aromatic rings. The van der Waals surface area contributed by atoms with Crippen molar-refractivity contribution < 1.29 is 9.18 Å². The largest absolute Gasteiger partial charge is 0.362 e. The fourth-order valence-corrected chi connectivity index (χ4v) is 2.22. The van der Waals surface area contributed by atoms with Gasteiger partial charge in [-0.25, -0.2) is 4.39 Å². The van der Waals surface area contributed by atoms with Crippen molar-refractivity contribution in [1.82, 2.24) is 10.2 Å². The maximum absolute atomic E-state index is 14.2. The molecule has 5 heteroatoms. The summed E-state index contributed by atoms with van der Waals surface area (Å²) in [6.07, 6.45) is 2.33. The summed E-state index contributed by atoms with van der Waals surface area (Å²) in [7, 11) is 3.47. The highest BCUT2D eigenvalue weighted by atomic mass is 19.1. The minimum absolute atomic E-state index is 0.0159. The van der Waals surface area contributed by atoms with Crippen LogP contribution in [0.15, 0.2) is 18.2 Å². The molecule has 1 amide bonds. The Morgan fingerprint density at radius 1 is 1.38 bits per heavy atom. The molecule has 116 valence electrons. The Bertz CT molecular complexity index is 500. The van der Waals surface area contributed by atoms with Gasteiger partial charge in [0.05, 0.1) is 6.54 Å². The topological polar surface area (TPSA) is 35.6 Å². The minimum Gasteiger partial charge on any atom is -0.362 e. The van der Waals surface area contributed by atoms with Crippen molar-refractivity contribution in [2.75, 3.05) is 32.1 Å². The predicted octanol–water partition coefficient (Wildman–Crippen LogP) is 1.99. The molecular weight excluding hydrogens is 269 g/mol. The molecule has 1 aromatic carbocycles. The van der Waals surface area contributed by atoms with Crippen LogP contribution < -0.4 is 10.2 Å². The van der Waals surface area contributed by atoms with E-state index in [1.807, 2.05) is 17.9 Å². The number of nitrogens with one attached hydrogen (secondary N) is 1. The number of benzene rings is 1. The molecule has 0 aliphatic heterocycles. The van der Waals surface area contributed by atoms with Gasteiger partial charge in [0.25, 0.3) is 0 Å². The van der Waals surface area contributed by atoms with Gasteiger partial charge in [0.2, 0.25) is 5.91 Å². The molecule has 0 heterocycles. The Morgan fingerprint density at radius 2 is 2.10 bits per heavy atom. The maximum Gasteiger partial charge on any atom is 0.241 e. The normalized spacial score (nSPS) is 14.1. The lowest BCUT2D eigenvalue weighted by Gasteiger charge is -2.27. The summed E-state index contributed by atoms with van der Waals surface area (Å²) in [5.74, 6) is -0.196. The van der Waals surface area contributed by atoms with E-state index in [1.54, 1.807) is 25.1 Å². The van der Waals surface area contributed by atoms with E-state index in [1.165, 1.54) is 18.9 Å². The quantitative estimate of drug-likeness (QED) is 0.835. The highest BCUT2D eigenvalue weighted by Gasteiger charge is 2.22. The Labute approximate surface area is 125 Å². The number of likely N-dealkylation sites (N-methyl/N-ethyl adjacent to an activating group) is 2. The molecule has 1 aliphatic rings. The molecule has 0 aromatic heterocycles. The van der Waals surface area contributed by atoms with Crippen LogP contribution >= 0.6 is 0 Å².